The molecule has 0 aliphatic heterocycles. The second-order valence-electron chi connectivity index (χ2n) is 5.25. The van der Waals surface area contributed by atoms with Crippen LogP contribution in [0.15, 0.2) is 4.99 Å². The molecule has 6 nitrogen and oxygen atoms in total. The highest BCUT2D eigenvalue weighted by Gasteiger charge is 2.51. The van der Waals surface area contributed by atoms with E-state index in [2.05, 4.69) is 9.73 Å². The number of methoxy groups -OCH3 is 1. The van der Waals surface area contributed by atoms with Crippen LogP contribution in [-0.4, -0.2) is 49.1 Å². The van der Waals surface area contributed by atoms with Crippen molar-refractivity contribution in [3.63, 3.8) is 0 Å². The molecule has 1 N–H and O–H groups in total. The van der Waals surface area contributed by atoms with Crippen LogP contribution in [0.3, 0.4) is 0 Å². The molecular formula is C13H19NO5. The van der Waals surface area contributed by atoms with E-state index < -0.39 is 29.0 Å². The molecule has 0 aromatic heterocycles. The van der Waals surface area contributed by atoms with Gasteiger partial charge in [-0.15, -0.1) is 0 Å². The highest BCUT2D eigenvalue weighted by Crippen LogP contribution is 2.39. The molecule has 0 amide bonds. The van der Waals surface area contributed by atoms with Crippen molar-refractivity contribution in [2.24, 2.45) is 22.2 Å². The minimum atomic E-state index is -1.01. The van der Waals surface area contributed by atoms with E-state index in [9.17, 15) is 14.4 Å². The molecule has 1 aliphatic carbocycles. The van der Waals surface area contributed by atoms with Gasteiger partial charge in [-0.05, 0) is 5.41 Å². The number of hydrogen-bond acceptors (Lipinski definition) is 6. The zero-order chi connectivity index (χ0) is 14.6. The number of rotatable bonds is 4. The van der Waals surface area contributed by atoms with Gasteiger partial charge in [-0.3, -0.25) is 19.4 Å². The van der Waals surface area contributed by atoms with Crippen LogP contribution in [0, 0.1) is 17.3 Å². The molecule has 0 unspecified atom stereocenters. The topological polar surface area (TPSA) is 93.0 Å². The fourth-order valence-electron chi connectivity index (χ4n) is 2.33. The Kier molecular flexibility index (Phi) is 4.94. The van der Waals surface area contributed by atoms with E-state index in [0.29, 0.717) is 0 Å². The average molecular weight is 269 g/mol. The van der Waals surface area contributed by atoms with Crippen molar-refractivity contribution >= 4 is 23.8 Å². The monoisotopic (exact) mass is 269 g/mol. The van der Waals surface area contributed by atoms with Gasteiger partial charge in [0.05, 0.1) is 20.3 Å². The van der Waals surface area contributed by atoms with E-state index in [1.807, 2.05) is 0 Å². The van der Waals surface area contributed by atoms with Gasteiger partial charge in [0, 0.05) is 12.6 Å². The van der Waals surface area contributed by atoms with Crippen LogP contribution in [-0.2, 0) is 19.1 Å². The summed E-state index contributed by atoms with van der Waals surface area (Å²) in [5.41, 5.74) is -0.747. The molecule has 106 valence electrons. The van der Waals surface area contributed by atoms with Crippen molar-refractivity contribution in [3.8, 4) is 0 Å². The van der Waals surface area contributed by atoms with Gasteiger partial charge in [0.2, 0.25) is 0 Å². The number of hydrogen-bond donors (Lipinski definition) is 1. The van der Waals surface area contributed by atoms with E-state index in [1.54, 1.807) is 13.8 Å². The lowest BCUT2D eigenvalue weighted by atomic mass is 9.64. The van der Waals surface area contributed by atoms with Crippen LogP contribution < -0.4 is 0 Å². The number of carbonyl (C=O) groups is 3. The van der Waals surface area contributed by atoms with Crippen molar-refractivity contribution in [1.29, 1.82) is 0 Å². The third-order valence-corrected chi connectivity index (χ3v) is 3.27. The van der Waals surface area contributed by atoms with E-state index in [-0.39, 0.29) is 25.4 Å². The number of aliphatic hydroxyl groups excluding tert-OH is 1. The van der Waals surface area contributed by atoms with Crippen LogP contribution in [0.25, 0.3) is 0 Å². The zero-order valence-electron chi connectivity index (χ0n) is 11.4. The summed E-state index contributed by atoms with van der Waals surface area (Å²) in [6.07, 6.45) is 1.35. The van der Waals surface area contributed by atoms with E-state index >= 15 is 0 Å². The Morgan fingerprint density at radius 1 is 1.53 bits per heavy atom. The van der Waals surface area contributed by atoms with Crippen LogP contribution in [0.1, 0.15) is 20.3 Å². The summed E-state index contributed by atoms with van der Waals surface area (Å²) in [6.45, 7) is 3.37. The lowest BCUT2D eigenvalue weighted by molar-refractivity contribution is -0.159. The molecule has 19 heavy (non-hydrogen) atoms. The van der Waals surface area contributed by atoms with E-state index in [1.165, 1.54) is 13.3 Å². The van der Waals surface area contributed by atoms with Crippen molar-refractivity contribution < 1.29 is 24.2 Å². The highest BCUT2D eigenvalue weighted by molar-refractivity contribution is 6.21. The molecule has 0 bridgehead atoms. The first kappa shape index (κ1) is 15.5. The molecule has 1 rings (SSSR count). The molecule has 1 aliphatic rings. The smallest absolute Gasteiger partial charge is 0.316 e. The Bertz CT molecular complexity index is 413. The normalized spacial score (nSPS) is 26.7. The SMILES string of the molecule is COC(=O)[C@@H]1C(=O)[C@H](C=NCCO)C(=O)CC1(C)C. The Labute approximate surface area is 111 Å². The van der Waals surface area contributed by atoms with Gasteiger partial charge in [-0.1, -0.05) is 13.8 Å². The molecule has 0 aromatic carbocycles. The summed E-state index contributed by atoms with van der Waals surface area (Å²) < 4.78 is 4.65. The Balaban J connectivity index is 3.01. The lowest BCUT2D eigenvalue weighted by Gasteiger charge is -2.36. The number of ketones is 2. The molecule has 0 radical (unpaired) electrons. The largest absolute Gasteiger partial charge is 0.468 e. The van der Waals surface area contributed by atoms with Gasteiger partial charge in [0.15, 0.2) is 5.78 Å². The molecule has 6 heteroatoms. The van der Waals surface area contributed by atoms with Gasteiger partial charge < -0.3 is 9.84 Å². The second kappa shape index (κ2) is 6.06. The number of ether oxygens (including phenoxy) is 1. The first-order chi connectivity index (χ1) is 8.85. The third kappa shape index (κ3) is 3.26. The fraction of sp³-hybridized carbons (Fsp3) is 0.692. The third-order valence-electron chi connectivity index (χ3n) is 3.27. The van der Waals surface area contributed by atoms with Gasteiger partial charge >= 0.3 is 5.97 Å². The summed E-state index contributed by atoms with van der Waals surface area (Å²) in [7, 11) is 1.22. The predicted molar refractivity (Wildman–Crippen MR) is 67.9 cm³/mol. The highest BCUT2D eigenvalue weighted by atomic mass is 16.5. The molecular weight excluding hydrogens is 250 g/mol. The Morgan fingerprint density at radius 2 is 2.16 bits per heavy atom. The average Bonchev–Trinajstić information content (AvgIpc) is 2.31. The van der Waals surface area contributed by atoms with Gasteiger partial charge in [0.25, 0.3) is 0 Å². The van der Waals surface area contributed by atoms with Gasteiger partial charge in [-0.25, -0.2) is 0 Å². The van der Waals surface area contributed by atoms with Crippen LogP contribution in [0.2, 0.25) is 0 Å². The molecule has 0 saturated heterocycles. The van der Waals surface area contributed by atoms with Crippen molar-refractivity contribution in [2.45, 2.75) is 20.3 Å². The molecule has 1 fully saturated rings. The number of aliphatic imine (C=N–C) groups is 1. The quantitative estimate of drug-likeness (QED) is 0.441. The first-order valence-corrected chi connectivity index (χ1v) is 6.10. The number of carbonyl (C=O) groups excluding carboxylic acids is 3. The molecule has 0 spiro atoms. The maximum Gasteiger partial charge on any atom is 0.316 e. The second-order valence-corrected chi connectivity index (χ2v) is 5.25. The van der Waals surface area contributed by atoms with Gasteiger partial charge in [-0.2, -0.15) is 0 Å². The Hall–Kier alpha value is -1.56. The summed E-state index contributed by atoms with van der Waals surface area (Å²) in [5.74, 6) is -3.32. The Morgan fingerprint density at radius 3 is 2.68 bits per heavy atom. The number of Topliss-reactive ketones (excluding diaryl/α,β-unsaturated/α-hetero) is 2. The van der Waals surface area contributed by atoms with Crippen molar-refractivity contribution in [3.05, 3.63) is 0 Å². The summed E-state index contributed by atoms with van der Waals surface area (Å²) in [4.78, 5) is 39.8. The number of esters is 1. The van der Waals surface area contributed by atoms with Crippen LogP contribution in [0.5, 0.6) is 0 Å². The standard InChI is InChI=1S/C13H19NO5/c1-13(2)6-9(16)8(7-14-4-5-15)11(17)10(13)12(18)19-3/h7-8,10,15H,4-6H2,1-3H3/t8-,10+/m1/s1. The maximum atomic E-state index is 12.3. The minimum Gasteiger partial charge on any atom is -0.468 e. The molecule has 2 atom stereocenters. The minimum absolute atomic E-state index is 0.119. The van der Waals surface area contributed by atoms with Crippen LogP contribution >= 0.6 is 0 Å². The summed E-state index contributed by atoms with van der Waals surface area (Å²) in [6, 6.07) is 0. The molecule has 0 aromatic rings. The summed E-state index contributed by atoms with van der Waals surface area (Å²) >= 11 is 0. The van der Waals surface area contributed by atoms with Crippen molar-refractivity contribution in [1.82, 2.24) is 0 Å². The summed E-state index contributed by atoms with van der Waals surface area (Å²) in [5, 5.41) is 8.63. The zero-order valence-corrected chi connectivity index (χ0v) is 11.4. The fourth-order valence-corrected chi connectivity index (χ4v) is 2.33. The van der Waals surface area contributed by atoms with E-state index in [4.69, 9.17) is 5.11 Å². The number of nitrogens with zero attached hydrogens (tertiary/aromatic N) is 1. The molecule has 1 saturated carbocycles. The first-order valence-electron chi connectivity index (χ1n) is 6.10. The maximum absolute atomic E-state index is 12.3. The lowest BCUT2D eigenvalue weighted by Crippen LogP contribution is -2.50. The van der Waals surface area contributed by atoms with Crippen molar-refractivity contribution in [2.75, 3.05) is 20.3 Å². The molecule has 0 heterocycles. The van der Waals surface area contributed by atoms with Crippen LogP contribution in [0.4, 0.5) is 0 Å². The van der Waals surface area contributed by atoms with E-state index in [0.717, 1.165) is 0 Å². The number of aliphatic hydroxyl groups is 1. The predicted octanol–water partition coefficient (Wildman–Crippen LogP) is 0.0230. The van der Waals surface area contributed by atoms with Gasteiger partial charge in [0.1, 0.15) is 17.6 Å².